The van der Waals surface area contributed by atoms with Gasteiger partial charge in [0.25, 0.3) is 0 Å². The van der Waals surface area contributed by atoms with Gasteiger partial charge in [-0.05, 0) is 66.2 Å². The molecule has 18 amide bonds. The highest BCUT2D eigenvalue weighted by molar-refractivity contribution is 6.03. The maximum absolute atomic E-state index is 14.1. The van der Waals surface area contributed by atoms with Crippen LogP contribution in [0.2, 0.25) is 0 Å². The molecule has 90 heavy (non-hydrogen) atoms. The van der Waals surface area contributed by atoms with Crippen LogP contribution in [-0.4, -0.2) is 224 Å². The number of hydrogen-bond donors (Lipinski definition) is 16. The predicted octanol–water partition coefficient (Wildman–Crippen LogP) is -10.7. The molecule has 12 atom stereocenters. The van der Waals surface area contributed by atoms with E-state index in [-0.39, 0.29) is 57.3 Å². The number of primary amides is 6. The summed E-state index contributed by atoms with van der Waals surface area (Å²) in [5, 5.41) is 29.9. The zero-order chi connectivity index (χ0) is 68.2. The van der Waals surface area contributed by atoms with Gasteiger partial charge in [-0.25, -0.2) is 4.79 Å². The number of carbonyl (C=O) groups excluding carboxylic acids is 18. The van der Waals surface area contributed by atoms with E-state index in [0.29, 0.717) is 6.42 Å². The molecule has 496 valence electrons. The van der Waals surface area contributed by atoms with Crippen molar-refractivity contribution in [2.45, 2.75) is 177 Å². The van der Waals surface area contributed by atoms with Crippen molar-refractivity contribution in [1.82, 2.24) is 62.6 Å². The number of nitrogens with one attached hydrogen (secondary N) is 9. The lowest BCUT2D eigenvalue weighted by atomic mass is 10.1. The van der Waals surface area contributed by atoms with Crippen molar-refractivity contribution in [3.8, 4) is 0 Å². The van der Waals surface area contributed by atoms with E-state index < -0.39 is 223 Å². The van der Waals surface area contributed by atoms with Crippen LogP contribution in [-0.2, 0) is 91.1 Å². The summed E-state index contributed by atoms with van der Waals surface area (Å²) < 4.78 is 0. The van der Waals surface area contributed by atoms with Gasteiger partial charge in [-0.15, -0.1) is 0 Å². The topological polar surface area (TPSA) is 619 Å². The number of carboxylic acids is 1. The van der Waals surface area contributed by atoms with Crippen LogP contribution in [0, 0.1) is 0 Å². The first-order chi connectivity index (χ1) is 41.9. The highest BCUT2D eigenvalue weighted by atomic mass is 16.4. The summed E-state index contributed by atoms with van der Waals surface area (Å²) in [6.45, 7) is 7.78. The number of carbonyl (C=O) groups is 19. The number of carboxylic acid groups (broad SMARTS) is 1. The fourth-order valence-electron chi connectivity index (χ4n) is 9.78. The van der Waals surface area contributed by atoms with Crippen LogP contribution in [0.25, 0.3) is 0 Å². The fraction of sp³-hybridized carbons (Fsp3) is 0.596. The smallest absolute Gasteiger partial charge is 0.326 e. The van der Waals surface area contributed by atoms with Crippen LogP contribution >= 0.6 is 0 Å². The summed E-state index contributed by atoms with van der Waals surface area (Å²) in [4.78, 5) is 249. The molecule has 3 aliphatic rings. The maximum atomic E-state index is 14.1. The lowest BCUT2D eigenvalue weighted by molar-refractivity contribution is -0.149. The molecule has 0 saturated carbocycles. The molecule has 3 rings (SSSR count). The molecule has 3 fully saturated rings. The highest BCUT2D eigenvalue weighted by Crippen LogP contribution is 2.23. The molecule has 22 N–H and O–H groups in total. The first kappa shape index (κ1) is 73.9. The van der Waals surface area contributed by atoms with Crippen molar-refractivity contribution in [2.75, 3.05) is 19.6 Å². The number of rotatable bonds is 34. The quantitative estimate of drug-likeness (QED) is 0.0266. The standard InChI is InChI=1S/C52H78N18O20/c1-21(2)40(77)62-25(15-34(53)71)44(81)59-22(3)41(78)65-28(18-37(56)74)49(86)68-12-6-9-31(68)47(84)63-26(16-35(54)72)45(82)60-23(4)42(79)66-29(19-38(57)75)50(87)69-13-7-10-32(69)48(85)64-27(17-36(55)73)46(83)61-24(5)43(80)67-30(20-39(58)76)51(88)70-14-8-11-33(70)52(89)90/h22-33H,1,6-20H2,2-5H3,(H2,53,71)(H2,54,72)(H2,55,73)(H2,56,74)(H2,57,75)(H2,58,76)(H,59,81)(H,60,82)(H,61,83)(H,62,77)(H,63,84)(H,64,85)(H,65,78)(H,66,79)(H,67,80)(H,89,90)/t22-,23-,24-,25-,26-,27-,28-,29-,30-,31-,32-,33-/m0/s1. The summed E-state index contributed by atoms with van der Waals surface area (Å²) in [5.41, 5.74) is 32.1. The van der Waals surface area contributed by atoms with Crippen LogP contribution in [0.1, 0.15) is 105 Å². The summed E-state index contributed by atoms with van der Waals surface area (Å²) in [6.07, 6.45) is -4.41. The second kappa shape index (κ2) is 33.7. The van der Waals surface area contributed by atoms with Crippen molar-refractivity contribution in [3.05, 3.63) is 12.2 Å². The van der Waals surface area contributed by atoms with Crippen molar-refractivity contribution < 1.29 is 96.2 Å². The Morgan fingerprint density at radius 2 is 0.622 bits per heavy atom. The summed E-state index contributed by atoms with van der Waals surface area (Å²) in [6, 6.07) is -19.3. The minimum Gasteiger partial charge on any atom is -0.480 e. The molecular formula is C52H78N18O20. The van der Waals surface area contributed by atoms with E-state index in [0.717, 1.165) is 35.5 Å². The van der Waals surface area contributed by atoms with Crippen molar-refractivity contribution in [3.63, 3.8) is 0 Å². The second-order valence-electron chi connectivity index (χ2n) is 21.7. The average molecular weight is 1280 g/mol. The van der Waals surface area contributed by atoms with Gasteiger partial charge in [0.15, 0.2) is 0 Å². The van der Waals surface area contributed by atoms with Gasteiger partial charge in [0.05, 0.1) is 38.5 Å². The first-order valence-corrected chi connectivity index (χ1v) is 28.2. The van der Waals surface area contributed by atoms with E-state index in [9.17, 15) is 96.2 Å². The third-order valence-electron chi connectivity index (χ3n) is 14.3. The van der Waals surface area contributed by atoms with E-state index >= 15 is 0 Å². The molecule has 3 aliphatic heterocycles. The van der Waals surface area contributed by atoms with Crippen LogP contribution in [0.3, 0.4) is 0 Å². The lowest BCUT2D eigenvalue weighted by Gasteiger charge is -2.30. The molecular weight excluding hydrogens is 1200 g/mol. The Hall–Kier alpha value is -10.3. The number of likely N-dealkylation sites (tertiary alicyclic amines) is 3. The molecule has 0 radical (unpaired) electrons. The summed E-state index contributed by atoms with van der Waals surface area (Å²) in [7, 11) is 0. The third kappa shape index (κ3) is 22.1. The summed E-state index contributed by atoms with van der Waals surface area (Å²) in [5.74, 6) is -20.6. The van der Waals surface area contributed by atoms with Crippen molar-refractivity contribution >= 4 is 112 Å². The largest absolute Gasteiger partial charge is 0.480 e. The fourth-order valence-corrected chi connectivity index (χ4v) is 9.78. The van der Waals surface area contributed by atoms with Crippen molar-refractivity contribution in [1.29, 1.82) is 0 Å². The Labute approximate surface area is 513 Å². The number of amides is 18. The molecule has 3 heterocycles. The molecule has 0 aromatic rings. The average Bonchev–Trinajstić information content (AvgIpc) is 3.84. The number of aliphatic carboxylic acids is 1. The predicted molar refractivity (Wildman–Crippen MR) is 304 cm³/mol. The molecule has 0 spiro atoms. The molecule has 0 unspecified atom stereocenters. The van der Waals surface area contributed by atoms with Crippen LogP contribution in [0.5, 0.6) is 0 Å². The monoisotopic (exact) mass is 1270 g/mol. The molecule has 38 nitrogen and oxygen atoms in total. The third-order valence-corrected chi connectivity index (χ3v) is 14.3. The molecule has 0 aromatic carbocycles. The highest BCUT2D eigenvalue weighted by Gasteiger charge is 2.44. The zero-order valence-corrected chi connectivity index (χ0v) is 49.8. The Morgan fingerprint density at radius 3 is 0.878 bits per heavy atom. The zero-order valence-electron chi connectivity index (χ0n) is 49.8. The van der Waals surface area contributed by atoms with Gasteiger partial charge >= 0.3 is 5.97 Å². The molecule has 0 bridgehead atoms. The van der Waals surface area contributed by atoms with Gasteiger partial charge in [-0.2, -0.15) is 0 Å². The van der Waals surface area contributed by atoms with Gasteiger partial charge in [0.2, 0.25) is 106 Å². The lowest BCUT2D eigenvalue weighted by Crippen LogP contribution is -2.60. The van der Waals surface area contributed by atoms with Gasteiger partial charge in [0, 0.05) is 25.2 Å². The van der Waals surface area contributed by atoms with Crippen LogP contribution in [0.4, 0.5) is 0 Å². The van der Waals surface area contributed by atoms with Gasteiger partial charge in [-0.1, -0.05) is 6.58 Å². The van der Waals surface area contributed by atoms with Gasteiger partial charge in [0.1, 0.15) is 72.5 Å². The Balaban J connectivity index is 1.73. The number of nitrogens with two attached hydrogens (primary N) is 6. The molecule has 38 heteroatoms. The number of hydrogen-bond acceptors (Lipinski definition) is 19. The summed E-state index contributed by atoms with van der Waals surface area (Å²) >= 11 is 0. The SMILES string of the molecule is C=C(C)C(=O)N[C@@H](CC(N)=O)C(=O)N[C@@H](C)C(=O)N[C@@H](CC(N)=O)C(=O)N1CCC[C@H]1C(=O)N[C@@H](CC(N)=O)C(=O)N[C@@H](C)C(=O)N[C@@H](CC(N)=O)C(=O)N1CCC[C@H]1C(=O)N[C@@H](CC(N)=O)C(=O)N[C@@H](C)C(=O)N[C@@H](CC(N)=O)C(=O)N1CCC[C@H]1C(=O)O. The molecule has 0 aromatic heterocycles. The van der Waals surface area contributed by atoms with E-state index in [2.05, 4.69) is 54.4 Å². The minimum atomic E-state index is -1.86. The normalized spacial score (nSPS) is 18.9. The Kier molecular flexibility index (Phi) is 27.7. The Bertz CT molecular complexity index is 2900. The second-order valence-corrected chi connectivity index (χ2v) is 21.7. The van der Waals surface area contributed by atoms with Gasteiger partial charge < -0.3 is 102 Å². The van der Waals surface area contributed by atoms with E-state index in [1.165, 1.54) is 6.92 Å². The van der Waals surface area contributed by atoms with Gasteiger partial charge in [-0.3, -0.25) is 86.3 Å². The molecule has 0 aliphatic carbocycles. The molecule has 3 saturated heterocycles. The van der Waals surface area contributed by atoms with E-state index in [1.807, 2.05) is 0 Å². The Morgan fingerprint density at radius 1 is 0.378 bits per heavy atom. The van der Waals surface area contributed by atoms with Crippen molar-refractivity contribution in [2.24, 2.45) is 34.4 Å². The number of nitrogens with zero attached hydrogens (tertiary/aromatic N) is 3. The van der Waals surface area contributed by atoms with Crippen LogP contribution in [0.15, 0.2) is 12.2 Å². The van der Waals surface area contributed by atoms with E-state index in [4.69, 9.17) is 34.4 Å². The van der Waals surface area contributed by atoms with E-state index in [1.54, 1.807) is 0 Å². The first-order valence-electron chi connectivity index (χ1n) is 28.2. The minimum absolute atomic E-state index is 0.00480. The maximum Gasteiger partial charge on any atom is 0.326 e. The van der Waals surface area contributed by atoms with Crippen LogP contribution < -0.4 is 82.3 Å².